The molecule has 2 heteroatoms. The smallest absolute Gasteiger partial charge is 0.122 e. The van der Waals surface area contributed by atoms with Crippen molar-refractivity contribution in [3.8, 4) is 5.75 Å². The molecule has 0 aliphatic heterocycles. The molecule has 1 aliphatic rings. The SMILES string of the molecule is Cc1cc(CC(C)N)c(OCC2CCC2)cc1C. The first kappa shape index (κ1) is 13.4. The van der Waals surface area contributed by atoms with Gasteiger partial charge >= 0.3 is 0 Å². The molecule has 1 fully saturated rings. The van der Waals surface area contributed by atoms with Crippen LogP contribution in [0.4, 0.5) is 0 Å². The zero-order valence-electron chi connectivity index (χ0n) is 11.8. The third-order valence-corrected chi connectivity index (χ3v) is 3.92. The Morgan fingerprint density at radius 1 is 1.28 bits per heavy atom. The molecule has 2 N–H and O–H groups in total. The average Bonchev–Trinajstić information content (AvgIpc) is 2.21. The second-order valence-corrected chi connectivity index (χ2v) is 5.83. The van der Waals surface area contributed by atoms with E-state index in [0.29, 0.717) is 0 Å². The standard InChI is InChI=1S/C16H25NO/c1-11-7-15(9-13(3)17)16(8-12(11)2)18-10-14-5-4-6-14/h7-8,13-14H,4-6,9-10,17H2,1-3H3. The Morgan fingerprint density at radius 2 is 1.94 bits per heavy atom. The van der Waals surface area contributed by atoms with Gasteiger partial charge in [0.2, 0.25) is 0 Å². The van der Waals surface area contributed by atoms with Crippen molar-refractivity contribution >= 4 is 0 Å². The predicted molar refractivity (Wildman–Crippen MR) is 76.1 cm³/mol. The third-order valence-electron chi connectivity index (χ3n) is 3.92. The lowest BCUT2D eigenvalue weighted by atomic mass is 9.86. The van der Waals surface area contributed by atoms with Crippen LogP contribution in [0.15, 0.2) is 12.1 Å². The number of nitrogens with two attached hydrogens (primary N) is 1. The highest BCUT2D eigenvalue weighted by molar-refractivity contribution is 5.42. The lowest BCUT2D eigenvalue weighted by Gasteiger charge is -2.26. The van der Waals surface area contributed by atoms with E-state index in [1.165, 1.54) is 36.0 Å². The van der Waals surface area contributed by atoms with E-state index in [-0.39, 0.29) is 6.04 Å². The molecule has 0 saturated heterocycles. The van der Waals surface area contributed by atoms with Gasteiger partial charge in [-0.15, -0.1) is 0 Å². The molecule has 0 spiro atoms. The van der Waals surface area contributed by atoms with Crippen LogP contribution in [0.2, 0.25) is 0 Å². The average molecular weight is 247 g/mol. The zero-order chi connectivity index (χ0) is 13.1. The normalized spacial score (nSPS) is 17.3. The molecule has 100 valence electrons. The van der Waals surface area contributed by atoms with Crippen LogP contribution in [-0.4, -0.2) is 12.6 Å². The lowest BCUT2D eigenvalue weighted by molar-refractivity contribution is 0.179. The van der Waals surface area contributed by atoms with Crippen LogP contribution in [0.5, 0.6) is 5.75 Å². The largest absolute Gasteiger partial charge is 0.493 e. The van der Waals surface area contributed by atoms with E-state index in [4.69, 9.17) is 10.5 Å². The van der Waals surface area contributed by atoms with E-state index >= 15 is 0 Å². The highest BCUT2D eigenvalue weighted by Crippen LogP contribution is 2.29. The Hall–Kier alpha value is -1.02. The van der Waals surface area contributed by atoms with Gasteiger partial charge in [0.15, 0.2) is 0 Å². The van der Waals surface area contributed by atoms with Crippen LogP contribution in [0.1, 0.15) is 42.9 Å². The van der Waals surface area contributed by atoms with Gasteiger partial charge in [-0.25, -0.2) is 0 Å². The minimum atomic E-state index is 0.179. The topological polar surface area (TPSA) is 35.2 Å². The summed E-state index contributed by atoms with van der Waals surface area (Å²) in [4.78, 5) is 0. The number of hydrogen-bond donors (Lipinski definition) is 1. The molecule has 0 bridgehead atoms. The van der Waals surface area contributed by atoms with Crippen molar-refractivity contribution in [3.63, 3.8) is 0 Å². The van der Waals surface area contributed by atoms with Crippen LogP contribution in [-0.2, 0) is 6.42 Å². The quantitative estimate of drug-likeness (QED) is 0.865. The molecule has 1 aliphatic carbocycles. The summed E-state index contributed by atoms with van der Waals surface area (Å²) in [6.07, 6.45) is 4.91. The molecule has 1 aromatic carbocycles. The molecule has 18 heavy (non-hydrogen) atoms. The van der Waals surface area contributed by atoms with Gasteiger partial charge in [-0.2, -0.15) is 0 Å². The Kier molecular flexibility index (Phi) is 4.28. The molecule has 0 aromatic heterocycles. The van der Waals surface area contributed by atoms with E-state index in [1.807, 2.05) is 6.92 Å². The first-order valence-corrected chi connectivity index (χ1v) is 7.04. The van der Waals surface area contributed by atoms with Gasteiger partial charge in [-0.3, -0.25) is 0 Å². The minimum Gasteiger partial charge on any atom is -0.493 e. The molecule has 2 rings (SSSR count). The summed E-state index contributed by atoms with van der Waals surface area (Å²) in [7, 11) is 0. The monoisotopic (exact) mass is 247 g/mol. The fourth-order valence-corrected chi connectivity index (χ4v) is 2.36. The molecule has 1 aromatic rings. The highest BCUT2D eigenvalue weighted by Gasteiger charge is 2.19. The van der Waals surface area contributed by atoms with E-state index in [9.17, 15) is 0 Å². The zero-order valence-corrected chi connectivity index (χ0v) is 11.8. The maximum absolute atomic E-state index is 6.02. The van der Waals surface area contributed by atoms with Crippen molar-refractivity contribution in [2.75, 3.05) is 6.61 Å². The molecule has 1 unspecified atom stereocenters. The van der Waals surface area contributed by atoms with Gasteiger partial charge < -0.3 is 10.5 Å². The summed E-state index contributed by atoms with van der Waals surface area (Å²) in [5.74, 6) is 1.82. The lowest BCUT2D eigenvalue weighted by Crippen LogP contribution is -2.21. The van der Waals surface area contributed by atoms with Crippen molar-refractivity contribution in [1.29, 1.82) is 0 Å². The Bertz CT molecular complexity index is 408. The number of aryl methyl sites for hydroxylation is 2. The fraction of sp³-hybridized carbons (Fsp3) is 0.625. The maximum atomic E-state index is 6.02. The van der Waals surface area contributed by atoms with Crippen molar-refractivity contribution in [1.82, 2.24) is 0 Å². The summed E-state index contributed by atoms with van der Waals surface area (Å²) in [5.41, 5.74) is 9.80. The van der Waals surface area contributed by atoms with E-state index < -0.39 is 0 Å². The van der Waals surface area contributed by atoms with Crippen molar-refractivity contribution in [3.05, 3.63) is 28.8 Å². The Morgan fingerprint density at radius 3 is 2.50 bits per heavy atom. The molecule has 1 atom stereocenters. The molecule has 0 heterocycles. The maximum Gasteiger partial charge on any atom is 0.122 e. The van der Waals surface area contributed by atoms with Crippen molar-refractivity contribution < 1.29 is 4.74 Å². The molecule has 0 radical (unpaired) electrons. The van der Waals surface area contributed by atoms with Gasteiger partial charge in [0.05, 0.1) is 6.61 Å². The van der Waals surface area contributed by atoms with Crippen LogP contribution in [0.3, 0.4) is 0 Å². The minimum absolute atomic E-state index is 0.179. The van der Waals surface area contributed by atoms with E-state index in [0.717, 1.165) is 24.7 Å². The summed E-state index contributed by atoms with van der Waals surface area (Å²) in [5, 5.41) is 0. The summed E-state index contributed by atoms with van der Waals surface area (Å²) in [6.45, 7) is 7.20. The van der Waals surface area contributed by atoms with Crippen LogP contribution >= 0.6 is 0 Å². The number of rotatable bonds is 5. The number of benzene rings is 1. The summed E-state index contributed by atoms with van der Waals surface area (Å²) in [6, 6.07) is 4.58. The number of hydrogen-bond acceptors (Lipinski definition) is 2. The van der Waals surface area contributed by atoms with Gasteiger partial charge in [-0.05, 0) is 68.7 Å². The van der Waals surface area contributed by atoms with Crippen molar-refractivity contribution in [2.24, 2.45) is 11.7 Å². The summed E-state index contributed by atoms with van der Waals surface area (Å²) >= 11 is 0. The Labute approximate surface area is 111 Å². The number of ether oxygens (including phenoxy) is 1. The second-order valence-electron chi connectivity index (χ2n) is 5.83. The van der Waals surface area contributed by atoms with Crippen molar-refractivity contribution in [2.45, 2.75) is 52.5 Å². The van der Waals surface area contributed by atoms with Crippen LogP contribution in [0.25, 0.3) is 0 Å². The van der Waals surface area contributed by atoms with Gasteiger partial charge in [0, 0.05) is 6.04 Å². The molecule has 2 nitrogen and oxygen atoms in total. The highest BCUT2D eigenvalue weighted by atomic mass is 16.5. The molecule has 0 amide bonds. The van der Waals surface area contributed by atoms with Gasteiger partial charge in [-0.1, -0.05) is 12.5 Å². The van der Waals surface area contributed by atoms with Gasteiger partial charge in [0.1, 0.15) is 5.75 Å². The first-order valence-electron chi connectivity index (χ1n) is 7.04. The van der Waals surface area contributed by atoms with E-state index in [1.54, 1.807) is 0 Å². The van der Waals surface area contributed by atoms with E-state index in [2.05, 4.69) is 26.0 Å². The first-order chi connectivity index (χ1) is 8.56. The third kappa shape index (κ3) is 3.26. The Balaban J connectivity index is 2.11. The second kappa shape index (κ2) is 5.75. The predicted octanol–water partition coefficient (Wildman–Crippen LogP) is 3.37. The molecule has 1 saturated carbocycles. The van der Waals surface area contributed by atoms with Crippen LogP contribution < -0.4 is 10.5 Å². The summed E-state index contributed by atoms with van der Waals surface area (Å²) < 4.78 is 6.02. The molecular formula is C16H25NO. The van der Waals surface area contributed by atoms with Gasteiger partial charge in [0.25, 0.3) is 0 Å². The fourth-order valence-electron chi connectivity index (χ4n) is 2.36. The molecular weight excluding hydrogens is 222 g/mol. The van der Waals surface area contributed by atoms with Crippen LogP contribution in [0, 0.1) is 19.8 Å².